The van der Waals surface area contributed by atoms with Crippen molar-refractivity contribution in [2.24, 2.45) is 0 Å². The number of alkyl halides is 3. The fraction of sp³-hybridized carbons (Fsp3) is 0.370. The number of aliphatic hydroxyl groups is 2. The summed E-state index contributed by atoms with van der Waals surface area (Å²) in [5.74, 6) is 3.42. The van der Waals surface area contributed by atoms with E-state index in [1.165, 1.54) is 30.5 Å². The van der Waals surface area contributed by atoms with E-state index < -0.39 is 47.1 Å². The van der Waals surface area contributed by atoms with Gasteiger partial charge in [0.1, 0.15) is 22.1 Å². The maximum absolute atomic E-state index is 13.5. The summed E-state index contributed by atoms with van der Waals surface area (Å²) in [7, 11) is -3.09. The molecule has 42 heavy (non-hydrogen) atoms. The molecular weight excluding hydrogens is 579 g/mol. The van der Waals surface area contributed by atoms with Gasteiger partial charge in [0.2, 0.25) is 0 Å². The highest BCUT2D eigenvalue weighted by Crippen LogP contribution is 2.31. The Labute approximate surface area is 239 Å². The molecule has 0 radical (unpaired) electrons. The number of anilines is 2. The quantitative estimate of drug-likeness (QED) is 0.242. The average Bonchev–Trinajstić information content (AvgIpc) is 3.28. The largest absolute Gasteiger partial charge is 0.406 e. The molecule has 1 saturated heterocycles. The monoisotopic (exact) mass is 607 g/mol. The minimum atomic E-state index is -4.57. The minimum Gasteiger partial charge on any atom is -0.394 e. The van der Waals surface area contributed by atoms with E-state index in [1.54, 1.807) is 12.1 Å². The summed E-state index contributed by atoms with van der Waals surface area (Å²) in [6.07, 6.45) is -3.75. The summed E-state index contributed by atoms with van der Waals surface area (Å²) in [4.78, 5) is 28.4. The maximum Gasteiger partial charge on any atom is 0.406 e. The van der Waals surface area contributed by atoms with Crippen LogP contribution < -0.4 is 16.0 Å². The smallest absolute Gasteiger partial charge is 0.394 e. The maximum atomic E-state index is 13.5. The van der Waals surface area contributed by atoms with Crippen LogP contribution in [-0.2, 0) is 21.2 Å². The first kappa shape index (κ1) is 30.8. The number of sulfone groups is 1. The van der Waals surface area contributed by atoms with E-state index in [0.29, 0.717) is 23.9 Å². The molecule has 1 fully saturated rings. The summed E-state index contributed by atoms with van der Waals surface area (Å²) < 4.78 is 64.9. The third-order valence-electron chi connectivity index (χ3n) is 6.46. The second-order valence-electron chi connectivity index (χ2n) is 9.72. The topological polar surface area (TPSA) is 163 Å². The lowest BCUT2D eigenvalue weighted by Crippen LogP contribution is -2.34. The van der Waals surface area contributed by atoms with Crippen molar-refractivity contribution < 1.29 is 41.4 Å². The number of benzene rings is 1. The number of halogens is 3. The lowest BCUT2D eigenvalue weighted by atomic mass is 10.1. The molecule has 2 amide bonds. The zero-order valence-electron chi connectivity index (χ0n) is 22.1. The number of carbonyl (C=O) groups is 2. The van der Waals surface area contributed by atoms with Crippen LogP contribution in [0.15, 0.2) is 42.6 Å². The van der Waals surface area contributed by atoms with Gasteiger partial charge in [-0.05, 0) is 49.1 Å². The molecule has 0 spiro atoms. The molecule has 3 aromatic rings. The molecule has 3 heterocycles. The number of carbonyl (C=O) groups excluding carboxylic acids is 2. The predicted octanol–water partition coefficient (Wildman–Crippen LogP) is 1.66. The van der Waals surface area contributed by atoms with Crippen LogP contribution in [-0.4, -0.2) is 83.0 Å². The van der Waals surface area contributed by atoms with E-state index in [0.717, 1.165) is 4.57 Å². The molecule has 1 aliphatic heterocycles. The van der Waals surface area contributed by atoms with Gasteiger partial charge in [-0.15, -0.1) is 0 Å². The van der Waals surface area contributed by atoms with Crippen molar-refractivity contribution in [3.63, 3.8) is 0 Å². The number of nitrogens with zero attached hydrogens (tertiary/aromatic N) is 2. The van der Waals surface area contributed by atoms with Crippen molar-refractivity contribution in [3.8, 4) is 11.8 Å². The molecule has 4 rings (SSSR count). The molecule has 1 aromatic carbocycles. The highest BCUT2D eigenvalue weighted by Gasteiger charge is 2.30. The normalized spacial score (nSPS) is 15.8. The Balaban J connectivity index is 1.52. The van der Waals surface area contributed by atoms with Crippen molar-refractivity contribution in [2.45, 2.75) is 37.7 Å². The standard InChI is InChI=1S/C27H28F3N5O6S/c28-27(29,30)16-35-19(12-21-22(2-1-3-24(21)35)33-17-8-10-42(40,41)11-9-17)5-7-25(38)34-18-4-6-23(31-13-18)26(39)32-14-20(37)15-36/h1-4,6,12-13,17,20,33,36-37H,8-11,14-16H2,(H,32,39)(H,34,38). The number of aromatic nitrogens is 2. The Hall–Kier alpha value is -4.13. The highest BCUT2D eigenvalue weighted by molar-refractivity contribution is 7.91. The van der Waals surface area contributed by atoms with Gasteiger partial charge >= 0.3 is 12.1 Å². The van der Waals surface area contributed by atoms with Gasteiger partial charge in [-0.2, -0.15) is 13.2 Å². The van der Waals surface area contributed by atoms with E-state index >= 15 is 0 Å². The SMILES string of the molecule is O=C(C#Cc1cc2c(NC3CCS(=O)(=O)CC3)cccc2n1CC(F)(F)F)Nc1ccc(C(=O)NCC(O)CO)nc1. The zero-order chi connectivity index (χ0) is 30.5. The lowest BCUT2D eigenvalue weighted by Gasteiger charge is -2.24. The fourth-order valence-corrected chi connectivity index (χ4v) is 5.86. The zero-order valence-corrected chi connectivity index (χ0v) is 22.9. The Morgan fingerprint density at radius 2 is 1.90 bits per heavy atom. The first-order valence-corrected chi connectivity index (χ1v) is 14.7. The van der Waals surface area contributed by atoms with E-state index in [1.807, 2.05) is 0 Å². The highest BCUT2D eigenvalue weighted by atomic mass is 32.2. The van der Waals surface area contributed by atoms with Gasteiger partial charge in [-0.3, -0.25) is 9.59 Å². The summed E-state index contributed by atoms with van der Waals surface area (Å²) >= 11 is 0. The average molecular weight is 608 g/mol. The predicted molar refractivity (Wildman–Crippen MR) is 148 cm³/mol. The van der Waals surface area contributed by atoms with Crippen LogP contribution in [0.5, 0.6) is 0 Å². The molecule has 224 valence electrons. The second-order valence-corrected chi connectivity index (χ2v) is 12.0. The molecule has 5 N–H and O–H groups in total. The molecule has 0 bridgehead atoms. The first-order chi connectivity index (χ1) is 19.8. The van der Waals surface area contributed by atoms with Crippen molar-refractivity contribution >= 4 is 43.9 Å². The van der Waals surface area contributed by atoms with Gasteiger partial charge in [-0.25, -0.2) is 13.4 Å². The van der Waals surface area contributed by atoms with Gasteiger partial charge in [0.05, 0.1) is 47.3 Å². The summed E-state index contributed by atoms with van der Waals surface area (Å²) in [5.41, 5.74) is 0.896. The van der Waals surface area contributed by atoms with Gasteiger partial charge in [-0.1, -0.05) is 6.07 Å². The van der Waals surface area contributed by atoms with Crippen LogP contribution in [0.3, 0.4) is 0 Å². The number of amides is 2. The first-order valence-electron chi connectivity index (χ1n) is 12.9. The molecule has 1 unspecified atom stereocenters. The van der Waals surface area contributed by atoms with Gasteiger partial charge in [0.15, 0.2) is 0 Å². The second kappa shape index (κ2) is 12.8. The van der Waals surface area contributed by atoms with Crippen LogP contribution in [0.25, 0.3) is 10.9 Å². The number of rotatable bonds is 8. The number of nitrogens with one attached hydrogen (secondary N) is 3. The van der Waals surface area contributed by atoms with E-state index in [9.17, 15) is 36.3 Å². The Morgan fingerprint density at radius 3 is 2.55 bits per heavy atom. The lowest BCUT2D eigenvalue weighted by molar-refractivity contribution is -0.140. The number of hydrogen-bond acceptors (Lipinski definition) is 8. The van der Waals surface area contributed by atoms with Crippen LogP contribution in [0, 0.1) is 11.8 Å². The molecule has 15 heteroatoms. The third-order valence-corrected chi connectivity index (χ3v) is 8.18. The molecule has 0 aliphatic carbocycles. The van der Waals surface area contributed by atoms with Crippen LogP contribution in [0.4, 0.5) is 24.5 Å². The summed E-state index contributed by atoms with van der Waals surface area (Å²) in [5, 5.41) is 26.6. The van der Waals surface area contributed by atoms with E-state index in [-0.39, 0.29) is 46.7 Å². The van der Waals surface area contributed by atoms with Crippen molar-refractivity contribution in [1.82, 2.24) is 14.9 Å². The van der Waals surface area contributed by atoms with E-state index in [2.05, 4.69) is 32.8 Å². The molecule has 0 saturated carbocycles. The fourth-order valence-electron chi connectivity index (χ4n) is 4.37. The third kappa shape index (κ3) is 8.21. The summed E-state index contributed by atoms with van der Waals surface area (Å²) in [6, 6.07) is 8.76. The molecular formula is C27H28F3N5O6S. The van der Waals surface area contributed by atoms with Crippen molar-refractivity contribution in [3.05, 3.63) is 54.0 Å². The van der Waals surface area contributed by atoms with Gasteiger partial charge in [0.25, 0.3) is 5.91 Å². The molecule has 1 aliphatic rings. The van der Waals surface area contributed by atoms with E-state index in [4.69, 9.17) is 5.11 Å². The number of aliphatic hydroxyl groups excluding tert-OH is 2. The van der Waals surface area contributed by atoms with Crippen molar-refractivity contribution in [1.29, 1.82) is 0 Å². The van der Waals surface area contributed by atoms with Crippen LogP contribution in [0.1, 0.15) is 29.0 Å². The molecule has 11 nitrogen and oxygen atoms in total. The Kier molecular flexibility index (Phi) is 9.40. The van der Waals surface area contributed by atoms with Crippen molar-refractivity contribution in [2.75, 3.05) is 35.3 Å². The number of pyridine rings is 1. The van der Waals surface area contributed by atoms with Gasteiger partial charge < -0.3 is 30.7 Å². The number of hydrogen-bond donors (Lipinski definition) is 5. The van der Waals surface area contributed by atoms with Gasteiger partial charge in [0, 0.05) is 29.6 Å². The number of fused-ring (bicyclic) bond motifs is 1. The Morgan fingerprint density at radius 1 is 1.17 bits per heavy atom. The Bertz CT molecular complexity index is 1610. The minimum absolute atomic E-state index is 0.0137. The molecule has 2 aromatic heterocycles. The van der Waals surface area contributed by atoms with Crippen LogP contribution in [0.2, 0.25) is 0 Å². The van der Waals surface area contributed by atoms with Crippen LogP contribution >= 0.6 is 0 Å². The molecule has 1 atom stereocenters. The summed E-state index contributed by atoms with van der Waals surface area (Å²) in [6.45, 7) is -2.04.